The standard InChI is InChI=1S/C17H33N3O.2ClH/c1-13-7-6-10-20(11-13)12-14(2)19-16(21)15-8-4-5-9-17(15,3)18;;/h13-15H,4-12,18H2,1-3H3,(H,19,21);2*1H. The van der Waals surface area contributed by atoms with E-state index >= 15 is 0 Å². The first-order valence-electron chi connectivity index (χ1n) is 8.70. The van der Waals surface area contributed by atoms with Gasteiger partial charge in [0, 0.05) is 24.7 Å². The third-order valence-electron chi connectivity index (χ3n) is 5.23. The summed E-state index contributed by atoms with van der Waals surface area (Å²) >= 11 is 0. The van der Waals surface area contributed by atoms with Gasteiger partial charge in [-0.1, -0.05) is 19.8 Å². The van der Waals surface area contributed by atoms with Gasteiger partial charge in [-0.2, -0.15) is 0 Å². The highest BCUT2D eigenvalue weighted by Gasteiger charge is 2.38. The van der Waals surface area contributed by atoms with Crippen LogP contribution in [0.3, 0.4) is 0 Å². The molecule has 2 fully saturated rings. The highest BCUT2D eigenvalue weighted by molar-refractivity contribution is 5.85. The average molecular weight is 368 g/mol. The van der Waals surface area contributed by atoms with Gasteiger partial charge >= 0.3 is 0 Å². The summed E-state index contributed by atoms with van der Waals surface area (Å²) < 4.78 is 0. The van der Waals surface area contributed by atoms with Crippen LogP contribution in [-0.2, 0) is 4.79 Å². The first-order valence-corrected chi connectivity index (χ1v) is 8.70. The second kappa shape index (κ2) is 10.1. The van der Waals surface area contributed by atoms with Gasteiger partial charge in [-0.25, -0.2) is 0 Å². The number of halogens is 2. The third-order valence-corrected chi connectivity index (χ3v) is 5.23. The van der Waals surface area contributed by atoms with Crippen molar-refractivity contribution in [2.24, 2.45) is 17.6 Å². The van der Waals surface area contributed by atoms with E-state index in [4.69, 9.17) is 5.73 Å². The Balaban J connectivity index is 0.00000242. The number of piperidine rings is 1. The maximum atomic E-state index is 12.5. The van der Waals surface area contributed by atoms with Gasteiger partial charge in [-0.3, -0.25) is 4.79 Å². The van der Waals surface area contributed by atoms with Crippen LogP contribution >= 0.6 is 24.8 Å². The number of carbonyl (C=O) groups excluding carboxylic acids is 1. The van der Waals surface area contributed by atoms with E-state index in [1.54, 1.807) is 0 Å². The molecular weight excluding hydrogens is 333 g/mol. The molecule has 4 unspecified atom stereocenters. The van der Waals surface area contributed by atoms with Crippen LogP contribution in [0.2, 0.25) is 0 Å². The Hall–Kier alpha value is -0.0300. The number of nitrogens with one attached hydrogen (secondary N) is 1. The minimum Gasteiger partial charge on any atom is -0.352 e. The van der Waals surface area contributed by atoms with Crippen molar-refractivity contribution in [3.8, 4) is 0 Å². The lowest BCUT2D eigenvalue weighted by Gasteiger charge is -2.38. The summed E-state index contributed by atoms with van der Waals surface area (Å²) in [6.45, 7) is 9.77. The number of rotatable bonds is 4. The molecule has 1 aliphatic heterocycles. The van der Waals surface area contributed by atoms with E-state index in [0.29, 0.717) is 0 Å². The lowest BCUT2D eigenvalue weighted by molar-refractivity contribution is -0.128. The molecule has 4 nitrogen and oxygen atoms in total. The van der Waals surface area contributed by atoms with Gasteiger partial charge in [0.05, 0.1) is 5.92 Å². The molecule has 4 atom stereocenters. The largest absolute Gasteiger partial charge is 0.352 e. The number of hydrogen-bond donors (Lipinski definition) is 2. The number of hydrogen-bond acceptors (Lipinski definition) is 3. The van der Waals surface area contributed by atoms with Crippen LogP contribution < -0.4 is 11.1 Å². The molecule has 0 aromatic heterocycles. The molecule has 0 aromatic carbocycles. The zero-order valence-corrected chi connectivity index (χ0v) is 16.5. The second-order valence-corrected chi connectivity index (χ2v) is 7.72. The minimum atomic E-state index is -0.332. The molecule has 0 bridgehead atoms. The maximum absolute atomic E-state index is 12.5. The van der Waals surface area contributed by atoms with E-state index < -0.39 is 0 Å². The minimum absolute atomic E-state index is 0. The Morgan fingerprint density at radius 2 is 2.00 bits per heavy atom. The Labute approximate surface area is 154 Å². The summed E-state index contributed by atoms with van der Waals surface area (Å²) in [6, 6.07) is 0.209. The van der Waals surface area contributed by atoms with Crippen molar-refractivity contribution in [3.63, 3.8) is 0 Å². The summed E-state index contributed by atoms with van der Waals surface area (Å²) in [7, 11) is 0. The Bertz CT molecular complexity index is 366. The van der Waals surface area contributed by atoms with E-state index in [-0.39, 0.29) is 48.2 Å². The molecular formula is C17H35Cl2N3O. The van der Waals surface area contributed by atoms with Gasteiger partial charge in [0.1, 0.15) is 0 Å². The summed E-state index contributed by atoms with van der Waals surface area (Å²) in [5.41, 5.74) is 6.00. The smallest absolute Gasteiger partial charge is 0.225 e. The molecule has 1 amide bonds. The fraction of sp³-hybridized carbons (Fsp3) is 0.941. The number of carbonyl (C=O) groups is 1. The number of nitrogens with two attached hydrogens (primary N) is 1. The highest BCUT2D eigenvalue weighted by Crippen LogP contribution is 2.31. The lowest BCUT2D eigenvalue weighted by atomic mass is 9.74. The Kier molecular flexibility index (Phi) is 10.1. The summed E-state index contributed by atoms with van der Waals surface area (Å²) in [6.07, 6.45) is 6.80. The van der Waals surface area contributed by atoms with E-state index in [2.05, 4.69) is 24.1 Å². The summed E-state index contributed by atoms with van der Waals surface area (Å²) in [5.74, 6) is 0.929. The van der Waals surface area contributed by atoms with Crippen molar-refractivity contribution >= 4 is 30.7 Å². The van der Waals surface area contributed by atoms with Crippen LogP contribution in [0.25, 0.3) is 0 Å². The van der Waals surface area contributed by atoms with Gasteiger partial charge in [0.15, 0.2) is 0 Å². The van der Waals surface area contributed by atoms with Crippen molar-refractivity contribution in [2.75, 3.05) is 19.6 Å². The van der Waals surface area contributed by atoms with Gasteiger partial charge in [-0.15, -0.1) is 24.8 Å². The summed E-state index contributed by atoms with van der Waals surface area (Å²) in [4.78, 5) is 15.0. The van der Waals surface area contributed by atoms with Crippen LogP contribution in [0.4, 0.5) is 0 Å². The Morgan fingerprint density at radius 3 is 2.61 bits per heavy atom. The molecule has 0 radical (unpaired) electrons. The number of amides is 1. The molecule has 2 aliphatic rings. The van der Waals surface area contributed by atoms with Crippen LogP contribution in [0.15, 0.2) is 0 Å². The average Bonchev–Trinajstić information content (AvgIpc) is 2.37. The molecule has 1 saturated carbocycles. The molecule has 2 rings (SSSR count). The molecule has 1 saturated heterocycles. The molecule has 1 aliphatic carbocycles. The zero-order chi connectivity index (χ0) is 15.5. The van der Waals surface area contributed by atoms with Crippen molar-refractivity contribution in [1.82, 2.24) is 10.2 Å². The van der Waals surface area contributed by atoms with Crippen molar-refractivity contribution in [3.05, 3.63) is 0 Å². The first kappa shape index (κ1) is 23.0. The second-order valence-electron chi connectivity index (χ2n) is 7.72. The van der Waals surface area contributed by atoms with E-state index in [1.807, 2.05) is 6.92 Å². The molecule has 138 valence electrons. The van der Waals surface area contributed by atoms with E-state index in [1.165, 1.54) is 19.4 Å². The molecule has 0 aromatic rings. The van der Waals surface area contributed by atoms with Crippen molar-refractivity contribution in [1.29, 1.82) is 0 Å². The SMILES string of the molecule is CC1CCCN(CC(C)NC(=O)C2CCCCC2(C)N)C1.Cl.Cl. The maximum Gasteiger partial charge on any atom is 0.225 e. The molecule has 23 heavy (non-hydrogen) atoms. The topological polar surface area (TPSA) is 58.4 Å². The molecule has 6 heteroatoms. The van der Waals surface area contributed by atoms with E-state index in [9.17, 15) is 4.79 Å². The van der Waals surface area contributed by atoms with Gasteiger partial charge in [0.2, 0.25) is 5.91 Å². The normalized spacial score (nSPS) is 33.0. The van der Waals surface area contributed by atoms with Crippen LogP contribution in [0, 0.1) is 11.8 Å². The van der Waals surface area contributed by atoms with Gasteiger partial charge in [0.25, 0.3) is 0 Å². The summed E-state index contributed by atoms with van der Waals surface area (Å²) in [5, 5.41) is 3.21. The zero-order valence-electron chi connectivity index (χ0n) is 14.8. The van der Waals surface area contributed by atoms with Gasteiger partial charge in [-0.05, 0) is 52.0 Å². The quantitative estimate of drug-likeness (QED) is 0.802. The highest BCUT2D eigenvalue weighted by atomic mass is 35.5. The third kappa shape index (κ3) is 6.77. The molecule has 1 heterocycles. The van der Waals surface area contributed by atoms with Crippen LogP contribution in [0.5, 0.6) is 0 Å². The van der Waals surface area contributed by atoms with Gasteiger partial charge < -0.3 is 16.0 Å². The van der Waals surface area contributed by atoms with Crippen LogP contribution in [0.1, 0.15) is 59.3 Å². The molecule has 3 N–H and O–H groups in total. The van der Waals surface area contributed by atoms with Crippen LogP contribution in [-0.4, -0.2) is 42.0 Å². The number of nitrogens with zero attached hydrogens (tertiary/aromatic N) is 1. The Morgan fingerprint density at radius 1 is 1.30 bits per heavy atom. The van der Waals surface area contributed by atoms with E-state index in [0.717, 1.165) is 44.7 Å². The predicted molar refractivity (Wildman–Crippen MR) is 101 cm³/mol. The monoisotopic (exact) mass is 367 g/mol. The van der Waals surface area contributed by atoms with Crippen molar-refractivity contribution in [2.45, 2.75) is 70.9 Å². The fourth-order valence-electron chi connectivity index (χ4n) is 4.02. The fourth-order valence-corrected chi connectivity index (χ4v) is 4.02. The lowest BCUT2D eigenvalue weighted by Crippen LogP contribution is -2.55. The van der Waals surface area contributed by atoms with Crippen molar-refractivity contribution < 1.29 is 4.79 Å². The first-order chi connectivity index (χ1) is 9.88. The predicted octanol–water partition coefficient (Wildman–Crippen LogP) is 2.97. The number of likely N-dealkylation sites (tertiary alicyclic amines) is 1. The molecule has 0 spiro atoms.